The Kier molecular flexibility index (Phi) is 13.8. The van der Waals surface area contributed by atoms with Crippen LogP contribution >= 0.6 is 0 Å². The molecule has 8 heteroatoms. The molecule has 0 amide bonds. The smallest absolute Gasteiger partial charge is 1.00 e. The van der Waals surface area contributed by atoms with Crippen molar-refractivity contribution in [2.45, 2.75) is 4.03 Å². The van der Waals surface area contributed by atoms with Gasteiger partial charge in [-0.25, -0.2) is 0 Å². The van der Waals surface area contributed by atoms with Gasteiger partial charge in [-0.05, 0) is 0 Å². The Bertz CT molecular complexity index is 229. The zero-order valence-electron chi connectivity index (χ0n) is 12.0. The van der Waals surface area contributed by atoms with Crippen molar-refractivity contribution in [2.75, 3.05) is 67.0 Å². The average molecular weight is 348 g/mol. The van der Waals surface area contributed by atoms with Crippen LogP contribution in [-0.4, -0.2) is 80.8 Å². The van der Waals surface area contributed by atoms with Gasteiger partial charge in [-0.2, -0.15) is 0 Å². The van der Waals surface area contributed by atoms with Crippen LogP contribution in [0.15, 0.2) is 0 Å². The molecule has 0 radical (unpaired) electrons. The Balaban J connectivity index is 0. The Morgan fingerprint density at radius 2 is 1.63 bits per heavy atom. The summed E-state index contributed by atoms with van der Waals surface area (Å²) in [6, 6.07) is 0. The first-order chi connectivity index (χ1) is 8.08. The van der Waals surface area contributed by atoms with E-state index in [9.17, 15) is 0 Å². The first-order valence-corrected chi connectivity index (χ1v) is 6.98. The molecule has 1 aliphatic heterocycles. The molecule has 1 rings (SSSR count). The number of nitrogens with one attached hydrogen (secondary N) is 2. The van der Waals surface area contributed by atoms with Gasteiger partial charge in [0.1, 0.15) is 0 Å². The second-order valence-corrected chi connectivity index (χ2v) is 5.86. The summed E-state index contributed by atoms with van der Waals surface area (Å²) in [7, 11) is 6.08. The fraction of sp³-hybridized carbons (Fsp3) is 1.00. The van der Waals surface area contributed by atoms with Crippen LogP contribution in [0.5, 0.6) is 0 Å². The first kappa shape index (κ1) is 22.4. The van der Waals surface area contributed by atoms with Crippen LogP contribution in [0.1, 0.15) is 0 Å². The molecule has 0 bridgehead atoms. The van der Waals surface area contributed by atoms with Crippen molar-refractivity contribution in [3.8, 4) is 0 Å². The zero-order valence-corrected chi connectivity index (χ0v) is 15.1. The summed E-state index contributed by atoms with van der Waals surface area (Å²) in [5.41, 5.74) is 0. The number of halogens is 2. The Morgan fingerprint density at radius 3 is 2.26 bits per heavy atom. The number of hydrogen-bond donors (Lipinski definition) is 2. The predicted octanol–water partition coefficient (Wildman–Crippen LogP) is -7.10. The number of nitrogens with zero attached hydrogens (tertiary/aromatic N) is 2. The summed E-state index contributed by atoms with van der Waals surface area (Å²) >= 11 is 2.14. The van der Waals surface area contributed by atoms with Crippen molar-refractivity contribution < 1.29 is 50.0 Å². The fourth-order valence-electron chi connectivity index (χ4n) is 1.81. The second kappa shape index (κ2) is 11.7. The number of ether oxygens (including phenoxy) is 1. The Labute approximate surface area is 141 Å². The van der Waals surface area contributed by atoms with Gasteiger partial charge >= 0.3 is 117 Å². The number of methoxy groups -OCH3 is 1. The predicted molar refractivity (Wildman–Crippen MR) is 65.6 cm³/mol. The summed E-state index contributed by atoms with van der Waals surface area (Å²) in [6.45, 7) is 7.08. The van der Waals surface area contributed by atoms with Crippen molar-refractivity contribution in [1.82, 2.24) is 20.4 Å². The molecule has 0 aromatic carbocycles. The van der Waals surface area contributed by atoms with Crippen LogP contribution in [0.3, 0.4) is 0 Å². The maximum atomic E-state index is 5.65. The zero-order chi connectivity index (χ0) is 12.7. The largest absolute Gasteiger partial charge is 1.00 e. The second-order valence-electron chi connectivity index (χ2n) is 4.64. The minimum atomic E-state index is -0.222. The number of hydrogen-bond acceptors (Lipinski definition) is 5. The van der Waals surface area contributed by atoms with Gasteiger partial charge in [-0.3, -0.25) is 0 Å². The van der Waals surface area contributed by atoms with E-state index in [2.05, 4.69) is 55.0 Å². The standard InChI is InChI=1S/C11H25N4O.2ClH.Ti/c1-14-7-6-12-4-5-13-10-11(16-3)15(2)9-8-14;;;/h12-13H,4-10H2,1-3H3;2*1H;/q;;;+2/p-2. The minimum Gasteiger partial charge on any atom is -1.00 e. The first-order valence-electron chi connectivity index (χ1n) is 6.20. The molecule has 1 atom stereocenters. The van der Waals surface area contributed by atoms with E-state index in [1.165, 1.54) is 0 Å². The molecule has 1 aliphatic rings. The molecule has 1 heterocycles. The summed E-state index contributed by atoms with van der Waals surface area (Å²) in [5.74, 6) is 0. The van der Waals surface area contributed by atoms with Gasteiger partial charge in [0.25, 0.3) is 0 Å². The van der Waals surface area contributed by atoms with Gasteiger partial charge in [0, 0.05) is 0 Å². The van der Waals surface area contributed by atoms with Crippen LogP contribution in [0.2, 0.25) is 0 Å². The van der Waals surface area contributed by atoms with Crippen LogP contribution in [0, 0.1) is 0 Å². The van der Waals surface area contributed by atoms with Gasteiger partial charge in [0.2, 0.25) is 0 Å². The molecule has 113 valence electrons. The van der Waals surface area contributed by atoms with Gasteiger partial charge in [0.15, 0.2) is 0 Å². The maximum Gasteiger partial charge on any atom is -1.00 e. The molecular weight excluding hydrogens is 323 g/mol. The average Bonchev–Trinajstić information content (AvgIpc) is 2.33. The van der Waals surface area contributed by atoms with Crippen LogP contribution in [0.25, 0.3) is 0 Å². The molecular formula is C11H25Cl2N4OTi. The summed E-state index contributed by atoms with van der Waals surface area (Å²) in [4.78, 5) is 4.64. The van der Waals surface area contributed by atoms with E-state index in [0.29, 0.717) is 0 Å². The van der Waals surface area contributed by atoms with Gasteiger partial charge in [-0.1, -0.05) is 0 Å². The maximum absolute atomic E-state index is 5.65. The van der Waals surface area contributed by atoms with E-state index in [1.807, 2.05) is 0 Å². The SMILES string of the molecule is CO[C]1([Ti+2])CNCCNCCN(C)CCN1C.[Cl-].[Cl-]. The summed E-state index contributed by atoms with van der Waals surface area (Å²) in [6.07, 6.45) is 0. The van der Waals surface area contributed by atoms with Crippen molar-refractivity contribution in [2.24, 2.45) is 0 Å². The fourth-order valence-corrected chi connectivity index (χ4v) is 2.18. The summed E-state index contributed by atoms with van der Waals surface area (Å²) < 4.78 is 5.43. The molecule has 0 aliphatic carbocycles. The summed E-state index contributed by atoms with van der Waals surface area (Å²) in [5, 5.41) is 6.88. The molecule has 5 nitrogen and oxygen atoms in total. The molecule has 0 aromatic rings. The van der Waals surface area contributed by atoms with Crippen molar-refractivity contribution >= 4 is 0 Å². The van der Waals surface area contributed by atoms with Crippen LogP contribution < -0.4 is 35.4 Å². The molecule has 1 fully saturated rings. The van der Waals surface area contributed by atoms with Gasteiger partial charge in [-0.15, -0.1) is 0 Å². The van der Waals surface area contributed by atoms with E-state index in [-0.39, 0.29) is 28.8 Å². The Morgan fingerprint density at radius 1 is 1.00 bits per heavy atom. The van der Waals surface area contributed by atoms with Crippen LogP contribution in [-0.2, 0) is 25.2 Å². The van der Waals surface area contributed by atoms with Crippen molar-refractivity contribution in [3.63, 3.8) is 0 Å². The van der Waals surface area contributed by atoms with Gasteiger partial charge in [0.05, 0.1) is 0 Å². The quantitative estimate of drug-likeness (QED) is 0.461. The van der Waals surface area contributed by atoms with E-state index in [1.54, 1.807) is 7.11 Å². The third-order valence-electron chi connectivity index (χ3n) is 3.28. The number of likely N-dealkylation sites (N-methyl/N-ethyl adjacent to an activating group) is 2. The molecule has 0 aromatic heterocycles. The van der Waals surface area contributed by atoms with E-state index in [4.69, 9.17) is 4.74 Å². The molecule has 1 saturated heterocycles. The van der Waals surface area contributed by atoms with Crippen molar-refractivity contribution in [1.29, 1.82) is 0 Å². The molecule has 0 saturated carbocycles. The van der Waals surface area contributed by atoms with E-state index >= 15 is 0 Å². The molecule has 19 heavy (non-hydrogen) atoms. The minimum absolute atomic E-state index is 0. The normalized spacial score (nSPS) is 28.5. The monoisotopic (exact) mass is 347 g/mol. The molecule has 1 unspecified atom stereocenters. The topological polar surface area (TPSA) is 39.8 Å². The third-order valence-corrected chi connectivity index (χ3v) is 4.48. The Hall–Kier alpha value is 1.09. The van der Waals surface area contributed by atoms with Gasteiger partial charge < -0.3 is 24.8 Å². The molecule has 2 N–H and O–H groups in total. The molecule has 0 spiro atoms. The third kappa shape index (κ3) is 8.19. The number of rotatable bonds is 1. The van der Waals surface area contributed by atoms with E-state index in [0.717, 1.165) is 45.8 Å². The van der Waals surface area contributed by atoms with Crippen LogP contribution in [0.4, 0.5) is 0 Å². The van der Waals surface area contributed by atoms with E-state index < -0.39 is 0 Å². The van der Waals surface area contributed by atoms with Crippen molar-refractivity contribution in [3.05, 3.63) is 0 Å².